The lowest BCUT2D eigenvalue weighted by molar-refractivity contribution is 0.101. The summed E-state index contributed by atoms with van der Waals surface area (Å²) < 4.78 is 3.42. The monoisotopic (exact) mass is 325 g/mol. The molecular weight excluding hydrogens is 306 g/mol. The van der Waals surface area contributed by atoms with Gasteiger partial charge in [-0.2, -0.15) is 0 Å². The van der Waals surface area contributed by atoms with Crippen LogP contribution in [0.25, 0.3) is 10.2 Å². The van der Waals surface area contributed by atoms with Gasteiger partial charge < -0.3 is 9.88 Å². The summed E-state index contributed by atoms with van der Waals surface area (Å²) in [7, 11) is 0. The highest BCUT2D eigenvalue weighted by molar-refractivity contribution is 7.17. The fourth-order valence-corrected chi connectivity index (χ4v) is 4.28. The first kappa shape index (κ1) is 14.5. The van der Waals surface area contributed by atoms with Crippen molar-refractivity contribution >= 4 is 33.3 Å². The van der Waals surface area contributed by atoms with Crippen LogP contribution in [0.5, 0.6) is 0 Å². The van der Waals surface area contributed by atoms with Crippen LogP contribution in [-0.4, -0.2) is 15.5 Å². The molecule has 1 fully saturated rings. The van der Waals surface area contributed by atoms with Gasteiger partial charge in [0.2, 0.25) is 0 Å². The van der Waals surface area contributed by atoms with Crippen molar-refractivity contribution in [3.63, 3.8) is 0 Å². The Morgan fingerprint density at radius 3 is 2.91 bits per heavy atom. The van der Waals surface area contributed by atoms with Gasteiger partial charge >= 0.3 is 0 Å². The molecule has 0 saturated heterocycles. The van der Waals surface area contributed by atoms with Crippen LogP contribution in [0.4, 0.5) is 5.82 Å². The van der Waals surface area contributed by atoms with E-state index < -0.39 is 0 Å². The number of rotatable bonds is 3. The summed E-state index contributed by atoms with van der Waals surface area (Å²) in [4.78, 5) is 17.2. The van der Waals surface area contributed by atoms with Crippen molar-refractivity contribution in [3.8, 4) is 0 Å². The molecule has 0 spiro atoms. The summed E-state index contributed by atoms with van der Waals surface area (Å²) in [6.45, 7) is 1.92. The third kappa shape index (κ3) is 2.65. The molecule has 3 aromatic heterocycles. The number of aryl methyl sites for hydroxylation is 1. The normalized spacial score (nSPS) is 15.3. The standard InChI is InChI=1S/C18H19N3OS/c1-12-5-4-8-17(19-12)20-18(22)15-11-16-14(9-10-23-16)21(15)13-6-2-3-7-13/h4-5,8-11,13H,2-3,6-7H2,1H3,(H,19,20,22). The van der Waals surface area contributed by atoms with Crippen LogP contribution in [0.1, 0.15) is 47.9 Å². The first-order valence-electron chi connectivity index (χ1n) is 8.06. The highest BCUT2D eigenvalue weighted by Gasteiger charge is 2.25. The van der Waals surface area contributed by atoms with Crippen LogP contribution in [-0.2, 0) is 0 Å². The van der Waals surface area contributed by atoms with Crippen molar-refractivity contribution in [1.29, 1.82) is 0 Å². The van der Waals surface area contributed by atoms with Gasteiger partial charge in [0.05, 0.1) is 10.2 Å². The van der Waals surface area contributed by atoms with Gasteiger partial charge in [-0.3, -0.25) is 4.79 Å². The minimum absolute atomic E-state index is 0.0709. The number of hydrogen-bond donors (Lipinski definition) is 1. The Balaban J connectivity index is 1.71. The Morgan fingerprint density at radius 1 is 1.30 bits per heavy atom. The number of nitrogens with zero attached hydrogens (tertiary/aromatic N) is 2. The SMILES string of the molecule is Cc1cccc(NC(=O)c2cc3sccc3n2C2CCCC2)n1. The second-order valence-corrected chi connectivity index (χ2v) is 7.07. The molecule has 0 unspecified atom stereocenters. The van der Waals surface area contributed by atoms with E-state index in [1.807, 2.05) is 31.2 Å². The number of amides is 1. The van der Waals surface area contributed by atoms with Gasteiger partial charge in [0.1, 0.15) is 11.5 Å². The molecule has 0 radical (unpaired) electrons. The molecule has 1 N–H and O–H groups in total. The number of carbonyl (C=O) groups is 1. The number of carbonyl (C=O) groups excluding carboxylic acids is 1. The third-order valence-electron chi connectivity index (χ3n) is 4.51. The molecule has 0 aliphatic heterocycles. The molecular formula is C18H19N3OS. The summed E-state index contributed by atoms with van der Waals surface area (Å²) >= 11 is 1.69. The van der Waals surface area contributed by atoms with Gasteiger partial charge in [0, 0.05) is 11.7 Å². The first-order chi connectivity index (χ1) is 11.2. The van der Waals surface area contributed by atoms with Gasteiger partial charge in [0.15, 0.2) is 0 Å². The van der Waals surface area contributed by atoms with Crippen molar-refractivity contribution in [2.24, 2.45) is 0 Å². The smallest absolute Gasteiger partial charge is 0.273 e. The van der Waals surface area contributed by atoms with E-state index in [1.165, 1.54) is 23.1 Å². The van der Waals surface area contributed by atoms with Gasteiger partial charge in [-0.1, -0.05) is 18.9 Å². The van der Waals surface area contributed by atoms with E-state index in [2.05, 4.69) is 26.3 Å². The second kappa shape index (κ2) is 5.81. The Morgan fingerprint density at radius 2 is 2.13 bits per heavy atom. The van der Waals surface area contributed by atoms with E-state index in [0.717, 1.165) is 24.2 Å². The molecule has 5 heteroatoms. The number of fused-ring (bicyclic) bond motifs is 1. The van der Waals surface area contributed by atoms with Crippen molar-refractivity contribution in [3.05, 3.63) is 47.1 Å². The summed E-state index contributed by atoms with van der Waals surface area (Å²) in [5, 5.41) is 5.04. The molecule has 23 heavy (non-hydrogen) atoms. The highest BCUT2D eigenvalue weighted by atomic mass is 32.1. The van der Waals surface area contributed by atoms with Crippen LogP contribution in [0.3, 0.4) is 0 Å². The average Bonchev–Trinajstić information content (AvgIpc) is 3.23. The first-order valence-corrected chi connectivity index (χ1v) is 8.94. The third-order valence-corrected chi connectivity index (χ3v) is 5.37. The van der Waals surface area contributed by atoms with E-state index in [-0.39, 0.29) is 5.91 Å². The number of nitrogens with one attached hydrogen (secondary N) is 1. The molecule has 1 amide bonds. The Hall–Kier alpha value is -2.14. The summed E-state index contributed by atoms with van der Waals surface area (Å²) in [5.41, 5.74) is 2.83. The zero-order valence-electron chi connectivity index (χ0n) is 13.1. The molecule has 0 bridgehead atoms. The van der Waals surface area contributed by atoms with Crippen LogP contribution in [0.15, 0.2) is 35.7 Å². The lowest BCUT2D eigenvalue weighted by Gasteiger charge is -2.17. The minimum atomic E-state index is -0.0709. The van der Waals surface area contributed by atoms with Crippen LogP contribution < -0.4 is 5.32 Å². The maximum atomic E-state index is 12.8. The minimum Gasteiger partial charge on any atom is -0.333 e. The van der Waals surface area contributed by atoms with E-state index in [9.17, 15) is 4.79 Å². The summed E-state index contributed by atoms with van der Waals surface area (Å²) in [6, 6.07) is 10.2. The molecule has 118 valence electrons. The molecule has 1 aliphatic carbocycles. The zero-order chi connectivity index (χ0) is 15.8. The predicted molar refractivity (Wildman–Crippen MR) is 94.2 cm³/mol. The fraction of sp³-hybridized carbons (Fsp3) is 0.333. The number of aromatic nitrogens is 2. The number of pyridine rings is 1. The topological polar surface area (TPSA) is 46.9 Å². The van der Waals surface area contributed by atoms with Crippen molar-refractivity contribution in [2.45, 2.75) is 38.6 Å². The lowest BCUT2D eigenvalue weighted by atomic mass is 10.2. The van der Waals surface area contributed by atoms with Gasteiger partial charge in [0.25, 0.3) is 5.91 Å². The average molecular weight is 325 g/mol. The molecule has 0 aromatic carbocycles. The fourth-order valence-electron chi connectivity index (χ4n) is 3.47. The largest absolute Gasteiger partial charge is 0.333 e. The molecule has 0 atom stereocenters. The Kier molecular flexibility index (Phi) is 3.65. The van der Waals surface area contributed by atoms with Crippen molar-refractivity contribution < 1.29 is 4.79 Å². The summed E-state index contributed by atoms with van der Waals surface area (Å²) in [6.07, 6.45) is 4.80. The second-order valence-electron chi connectivity index (χ2n) is 6.13. The Labute approximate surface area is 139 Å². The van der Waals surface area contributed by atoms with Crippen LogP contribution >= 0.6 is 11.3 Å². The Bertz CT molecular complexity index is 858. The maximum Gasteiger partial charge on any atom is 0.273 e. The summed E-state index contributed by atoms with van der Waals surface area (Å²) in [5.74, 6) is 0.538. The van der Waals surface area contributed by atoms with Crippen LogP contribution in [0, 0.1) is 6.92 Å². The molecule has 1 aliphatic rings. The number of thiophene rings is 1. The van der Waals surface area contributed by atoms with Gasteiger partial charge in [-0.05, 0) is 49.4 Å². The quantitative estimate of drug-likeness (QED) is 0.753. The number of hydrogen-bond acceptors (Lipinski definition) is 3. The molecule has 4 rings (SSSR count). The van der Waals surface area contributed by atoms with Gasteiger partial charge in [-0.15, -0.1) is 11.3 Å². The van der Waals surface area contributed by atoms with E-state index in [0.29, 0.717) is 11.9 Å². The van der Waals surface area contributed by atoms with Crippen molar-refractivity contribution in [2.75, 3.05) is 5.32 Å². The number of anilines is 1. The molecule has 3 aromatic rings. The predicted octanol–water partition coefficient (Wildman–Crippen LogP) is 4.77. The van der Waals surface area contributed by atoms with Crippen molar-refractivity contribution in [1.82, 2.24) is 9.55 Å². The van der Waals surface area contributed by atoms with E-state index in [4.69, 9.17) is 0 Å². The zero-order valence-corrected chi connectivity index (χ0v) is 13.9. The molecule has 3 heterocycles. The molecule has 1 saturated carbocycles. The maximum absolute atomic E-state index is 12.8. The highest BCUT2D eigenvalue weighted by Crippen LogP contribution is 2.36. The van der Waals surface area contributed by atoms with E-state index >= 15 is 0 Å². The lowest BCUT2D eigenvalue weighted by Crippen LogP contribution is -2.19. The van der Waals surface area contributed by atoms with Gasteiger partial charge in [-0.25, -0.2) is 4.98 Å². The van der Waals surface area contributed by atoms with Crippen LogP contribution in [0.2, 0.25) is 0 Å². The molecule has 4 nitrogen and oxygen atoms in total. The van der Waals surface area contributed by atoms with E-state index in [1.54, 1.807) is 11.3 Å².